The highest BCUT2D eigenvalue weighted by Crippen LogP contribution is 2.28. The van der Waals surface area contributed by atoms with Crippen LogP contribution in [0.4, 0.5) is 0 Å². The van der Waals surface area contributed by atoms with Gasteiger partial charge in [-0.1, -0.05) is 62.0 Å². The van der Waals surface area contributed by atoms with E-state index in [1.54, 1.807) is 41.3 Å². The van der Waals surface area contributed by atoms with Gasteiger partial charge in [-0.15, -0.1) is 0 Å². The quantitative estimate of drug-likeness (QED) is 0.483. The van der Waals surface area contributed by atoms with Gasteiger partial charge >= 0.3 is 0 Å². The van der Waals surface area contributed by atoms with Gasteiger partial charge in [-0.25, -0.2) is 0 Å². The lowest BCUT2D eigenvalue weighted by atomic mass is 10.0. The molecule has 0 aliphatic carbocycles. The number of nitrogens with one attached hydrogen (secondary N) is 1. The minimum atomic E-state index is -0.868. The summed E-state index contributed by atoms with van der Waals surface area (Å²) in [5.41, 5.74) is 3.26. The molecule has 9 heteroatoms. The number of benzene rings is 3. The Hall–Kier alpha value is -3.27. The summed E-state index contributed by atoms with van der Waals surface area (Å²) in [7, 11) is 0. The molecule has 0 bridgehead atoms. The molecule has 202 valence electrons. The molecule has 0 spiro atoms. The number of rotatable bonds is 6. The van der Waals surface area contributed by atoms with Crippen molar-refractivity contribution in [3.8, 4) is 16.9 Å². The van der Waals surface area contributed by atoms with E-state index in [1.165, 1.54) is 0 Å². The maximum absolute atomic E-state index is 13.6. The first kappa shape index (κ1) is 31.0. The van der Waals surface area contributed by atoms with E-state index in [0.29, 0.717) is 18.5 Å². The molecule has 3 aromatic carbocycles. The second kappa shape index (κ2) is 13.5. The number of hydrogen-bond donors (Lipinski definition) is 2. The zero-order valence-corrected chi connectivity index (χ0v) is 22.1. The van der Waals surface area contributed by atoms with E-state index in [-0.39, 0.29) is 76.9 Å². The van der Waals surface area contributed by atoms with Crippen LogP contribution in [0.2, 0.25) is 0 Å². The highest BCUT2D eigenvalue weighted by atomic mass is 32.1. The molecule has 0 radical (unpaired) electrons. The van der Waals surface area contributed by atoms with Crippen LogP contribution in [0.5, 0.6) is 5.75 Å². The fourth-order valence-electron chi connectivity index (χ4n) is 4.80. The zero-order chi connectivity index (χ0) is 24.4. The molecule has 2 aliphatic heterocycles. The SMILES string of the molecule is C.O=C(N[C@@H](Cc1ccc(O)cc1)C(=O)N1CC[C@H]2OCC(=O)[C@H]21)c1ccc(-c2ccccc2)cc1.S.S. The Bertz CT molecular complexity index is 1240. The Morgan fingerprint density at radius 1 is 0.947 bits per heavy atom. The van der Waals surface area contributed by atoms with Crippen LogP contribution >= 0.6 is 27.0 Å². The fourth-order valence-corrected chi connectivity index (χ4v) is 4.80. The minimum Gasteiger partial charge on any atom is -0.508 e. The Kier molecular flexibility index (Phi) is 11.0. The molecule has 7 nitrogen and oxygen atoms in total. The van der Waals surface area contributed by atoms with E-state index in [0.717, 1.165) is 16.7 Å². The molecule has 2 aliphatic rings. The molecule has 0 aromatic heterocycles. The lowest BCUT2D eigenvalue weighted by molar-refractivity contribution is -0.138. The first-order valence-corrected chi connectivity index (χ1v) is 11.7. The second-order valence-corrected chi connectivity index (χ2v) is 8.92. The average Bonchev–Trinajstić information content (AvgIpc) is 3.48. The van der Waals surface area contributed by atoms with Crippen LogP contribution in [-0.4, -0.2) is 58.9 Å². The van der Waals surface area contributed by atoms with Crippen LogP contribution in [0.15, 0.2) is 78.9 Å². The molecule has 2 heterocycles. The number of ketones is 1. The molecule has 2 N–H and O–H groups in total. The third-order valence-corrected chi connectivity index (χ3v) is 6.63. The summed E-state index contributed by atoms with van der Waals surface area (Å²) in [5.74, 6) is -0.660. The van der Waals surface area contributed by atoms with Crippen molar-refractivity contribution in [3.05, 3.63) is 90.0 Å². The van der Waals surface area contributed by atoms with Gasteiger partial charge in [0.05, 0.1) is 6.10 Å². The number of hydrogen-bond acceptors (Lipinski definition) is 5. The van der Waals surface area contributed by atoms with Crippen molar-refractivity contribution < 1.29 is 24.2 Å². The Balaban J connectivity index is 0.00000169. The summed E-state index contributed by atoms with van der Waals surface area (Å²) >= 11 is 0. The maximum Gasteiger partial charge on any atom is 0.251 e. The van der Waals surface area contributed by atoms with Crippen molar-refractivity contribution in [2.24, 2.45) is 0 Å². The van der Waals surface area contributed by atoms with Gasteiger partial charge in [0, 0.05) is 18.5 Å². The van der Waals surface area contributed by atoms with Crippen LogP contribution in [0, 0.1) is 0 Å². The zero-order valence-electron chi connectivity index (χ0n) is 20.1. The molecular formula is C29H34N2O5S2. The van der Waals surface area contributed by atoms with Crippen molar-refractivity contribution in [3.63, 3.8) is 0 Å². The monoisotopic (exact) mass is 554 g/mol. The number of Topliss-reactive ketones (excluding diaryl/α,β-unsaturated/α-hetero) is 1. The average molecular weight is 555 g/mol. The molecule has 2 fully saturated rings. The van der Waals surface area contributed by atoms with Gasteiger partial charge in [-0.3, -0.25) is 14.4 Å². The van der Waals surface area contributed by atoms with Crippen molar-refractivity contribution in [1.82, 2.24) is 10.2 Å². The number of phenolic OH excluding ortho intramolecular Hbond substituents is 1. The number of phenols is 1. The Morgan fingerprint density at radius 2 is 1.58 bits per heavy atom. The number of nitrogens with zero attached hydrogens (tertiary/aromatic N) is 1. The standard InChI is InChI=1S/C28H26N2O5.CH4.2H2S/c31-22-12-6-18(7-13-22)16-23(28(34)30-15-14-25-26(30)24(32)17-35-25)29-27(33)21-10-8-20(9-11-21)19-4-2-1-3-5-19;;;/h1-13,23,25-26,31H,14-17H2,(H,29,33);1H4;2*1H2/t23-,25+,26+;;;/m0.../s1. The molecule has 5 rings (SSSR count). The highest BCUT2D eigenvalue weighted by molar-refractivity contribution is 7.59. The van der Waals surface area contributed by atoms with Gasteiger partial charge in [0.15, 0.2) is 5.78 Å². The predicted molar refractivity (Wildman–Crippen MR) is 157 cm³/mol. The van der Waals surface area contributed by atoms with Crippen LogP contribution in [-0.2, 0) is 20.7 Å². The number of ether oxygens (including phenoxy) is 1. The van der Waals surface area contributed by atoms with Gasteiger partial charge in [-0.2, -0.15) is 27.0 Å². The highest BCUT2D eigenvalue weighted by Gasteiger charge is 2.48. The van der Waals surface area contributed by atoms with Crippen LogP contribution in [0.25, 0.3) is 11.1 Å². The summed E-state index contributed by atoms with van der Waals surface area (Å²) in [6.07, 6.45) is 0.556. The van der Waals surface area contributed by atoms with Gasteiger partial charge < -0.3 is 20.1 Å². The molecule has 38 heavy (non-hydrogen) atoms. The van der Waals surface area contributed by atoms with Crippen molar-refractivity contribution in [1.29, 1.82) is 0 Å². The van der Waals surface area contributed by atoms with Gasteiger partial charge in [0.25, 0.3) is 5.91 Å². The van der Waals surface area contributed by atoms with Crippen molar-refractivity contribution in [2.75, 3.05) is 13.2 Å². The summed E-state index contributed by atoms with van der Waals surface area (Å²) in [4.78, 5) is 40.6. The summed E-state index contributed by atoms with van der Waals surface area (Å²) in [6.45, 7) is 0.426. The lowest BCUT2D eigenvalue weighted by Crippen LogP contribution is -2.53. The third kappa shape index (κ3) is 6.59. The predicted octanol–water partition coefficient (Wildman–Crippen LogP) is 3.83. The maximum atomic E-state index is 13.6. The minimum absolute atomic E-state index is 0. The lowest BCUT2D eigenvalue weighted by Gasteiger charge is -2.27. The fraction of sp³-hybridized carbons (Fsp3) is 0.276. The number of likely N-dealkylation sites (tertiary alicyclic amines) is 1. The second-order valence-electron chi connectivity index (χ2n) is 8.92. The third-order valence-electron chi connectivity index (χ3n) is 6.63. The van der Waals surface area contributed by atoms with Crippen LogP contribution in [0.3, 0.4) is 0 Å². The molecule has 2 saturated heterocycles. The first-order valence-electron chi connectivity index (χ1n) is 11.7. The molecule has 3 aromatic rings. The summed E-state index contributed by atoms with van der Waals surface area (Å²) in [5, 5.41) is 12.5. The van der Waals surface area contributed by atoms with E-state index in [4.69, 9.17) is 4.74 Å². The summed E-state index contributed by atoms with van der Waals surface area (Å²) < 4.78 is 5.52. The summed E-state index contributed by atoms with van der Waals surface area (Å²) in [6, 6.07) is 22.1. The molecule has 0 unspecified atom stereocenters. The van der Waals surface area contributed by atoms with E-state index in [9.17, 15) is 19.5 Å². The number of amides is 2. The normalized spacial score (nSPS) is 18.3. The van der Waals surface area contributed by atoms with E-state index in [2.05, 4.69) is 5.32 Å². The van der Waals surface area contributed by atoms with E-state index in [1.807, 2.05) is 42.5 Å². The van der Waals surface area contributed by atoms with Crippen LogP contribution in [0.1, 0.15) is 29.8 Å². The topological polar surface area (TPSA) is 95.9 Å². The number of aromatic hydroxyl groups is 1. The van der Waals surface area contributed by atoms with Crippen LogP contribution < -0.4 is 5.32 Å². The van der Waals surface area contributed by atoms with E-state index >= 15 is 0 Å². The largest absolute Gasteiger partial charge is 0.508 e. The molecule has 2 amide bonds. The Labute approximate surface area is 237 Å². The van der Waals surface area contributed by atoms with Crippen molar-refractivity contribution >= 4 is 44.6 Å². The smallest absolute Gasteiger partial charge is 0.251 e. The number of fused-ring (bicyclic) bond motifs is 1. The van der Waals surface area contributed by atoms with Gasteiger partial charge in [0.2, 0.25) is 5.91 Å². The molecule has 0 saturated carbocycles. The first-order chi connectivity index (χ1) is 17.0. The van der Waals surface area contributed by atoms with E-state index < -0.39 is 12.1 Å². The molecule has 3 atom stereocenters. The number of carbonyl (C=O) groups is 3. The van der Waals surface area contributed by atoms with Crippen molar-refractivity contribution in [2.45, 2.75) is 38.5 Å². The number of carbonyl (C=O) groups excluding carboxylic acids is 3. The molecular weight excluding hydrogens is 520 g/mol. The van der Waals surface area contributed by atoms with Gasteiger partial charge in [0.1, 0.15) is 24.4 Å². The Morgan fingerprint density at radius 3 is 2.24 bits per heavy atom. The van der Waals surface area contributed by atoms with Gasteiger partial charge in [-0.05, 0) is 47.4 Å².